The summed E-state index contributed by atoms with van der Waals surface area (Å²) in [7, 11) is 0. The van der Waals surface area contributed by atoms with Gasteiger partial charge in [-0.25, -0.2) is 0 Å². The van der Waals surface area contributed by atoms with Crippen LogP contribution in [0.5, 0.6) is 0 Å². The Bertz CT molecular complexity index is 482. The lowest BCUT2D eigenvalue weighted by Gasteiger charge is -2.27. The second-order valence-electron chi connectivity index (χ2n) is 6.98. The van der Waals surface area contributed by atoms with Gasteiger partial charge in [-0.2, -0.15) is 5.10 Å². The van der Waals surface area contributed by atoms with E-state index in [0.29, 0.717) is 24.2 Å². The molecular formula is C16H26N4O. The van der Waals surface area contributed by atoms with Crippen molar-refractivity contribution in [3.63, 3.8) is 0 Å². The van der Waals surface area contributed by atoms with Crippen LogP contribution < -0.4 is 11.3 Å². The summed E-state index contributed by atoms with van der Waals surface area (Å²) in [4.78, 5) is 0. The highest BCUT2D eigenvalue weighted by Crippen LogP contribution is 2.40. The Balaban J connectivity index is 1.41. The minimum Gasteiger partial charge on any atom is -0.375 e. The molecule has 0 spiro atoms. The molecule has 5 nitrogen and oxygen atoms in total. The number of fused-ring (bicyclic) bond motifs is 2. The molecule has 0 amide bonds. The molecule has 116 valence electrons. The maximum atomic E-state index is 5.97. The van der Waals surface area contributed by atoms with Crippen molar-refractivity contribution in [2.45, 2.75) is 75.7 Å². The van der Waals surface area contributed by atoms with Crippen molar-refractivity contribution in [3.8, 4) is 0 Å². The fourth-order valence-electron chi connectivity index (χ4n) is 4.52. The quantitative estimate of drug-likeness (QED) is 0.642. The topological polar surface area (TPSA) is 65.1 Å². The van der Waals surface area contributed by atoms with Gasteiger partial charge in [-0.1, -0.05) is 12.8 Å². The maximum absolute atomic E-state index is 5.97. The summed E-state index contributed by atoms with van der Waals surface area (Å²) in [6, 6.07) is 3.07. The molecule has 4 unspecified atom stereocenters. The van der Waals surface area contributed by atoms with Crippen molar-refractivity contribution in [3.05, 3.63) is 18.0 Å². The second-order valence-corrected chi connectivity index (χ2v) is 6.98. The summed E-state index contributed by atoms with van der Waals surface area (Å²) < 4.78 is 8.14. The second kappa shape index (κ2) is 5.71. The van der Waals surface area contributed by atoms with Crippen LogP contribution >= 0.6 is 0 Å². The maximum Gasteiger partial charge on any atom is 0.0640 e. The Morgan fingerprint density at radius 3 is 2.86 bits per heavy atom. The van der Waals surface area contributed by atoms with Crippen LogP contribution in [0.4, 0.5) is 0 Å². The summed E-state index contributed by atoms with van der Waals surface area (Å²) in [5.41, 5.74) is 4.19. The van der Waals surface area contributed by atoms with E-state index in [9.17, 15) is 0 Å². The van der Waals surface area contributed by atoms with E-state index in [0.717, 1.165) is 18.5 Å². The molecule has 1 aromatic heterocycles. The Hall–Kier alpha value is -0.910. The molecule has 2 saturated heterocycles. The molecule has 2 bridgehead atoms. The van der Waals surface area contributed by atoms with Gasteiger partial charge in [-0.05, 0) is 38.2 Å². The number of nitrogens with zero attached hydrogens (tertiary/aromatic N) is 2. The van der Waals surface area contributed by atoms with Gasteiger partial charge in [0.2, 0.25) is 0 Å². The van der Waals surface area contributed by atoms with Crippen LogP contribution in [0.25, 0.3) is 0 Å². The number of rotatable bonds is 5. The van der Waals surface area contributed by atoms with Crippen molar-refractivity contribution in [2.24, 2.45) is 11.8 Å². The van der Waals surface area contributed by atoms with Gasteiger partial charge < -0.3 is 4.74 Å². The minimum absolute atomic E-state index is 0.284. The summed E-state index contributed by atoms with van der Waals surface area (Å²) in [5.74, 6) is 6.37. The average molecular weight is 290 g/mol. The van der Waals surface area contributed by atoms with Crippen LogP contribution in [0.15, 0.2) is 12.3 Å². The van der Waals surface area contributed by atoms with Gasteiger partial charge in [0.25, 0.3) is 0 Å². The molecule has 3 aliphatic rings. The molecule has 5 heteroatoms. The van der Waals surface area contributed by atoms with Crippen molar-refractivity contribution in [1.82, 2.24) is 15.2 Å². The number of nitrogens with two attached hydrogens (primary N) is 1. The lowest BCUT2D eigenvalue weighted by Crippen LogP contribution is -2.45. The Morgan fingerprint density at radius 2 is 2.19 bits per heavy atom. The summed E-state index contributed by atoms with van der Waals surface area (Å²) in [6.45, 7) is 0. The predicted molar refractivity (Wildman–Crippen MR) is 80.5 cm³/mol. The van der Waals surface area contributed by atoms with Crippen LogP contribution in [-0.2, 0) is 11.2 Å². The Labute approximate surface area is 126 Å². The van der Waals surface area contributed by atoms with E-state index in [1.165, 1.54) is 38.5 Å². The zero-order valence-corrected chi connectivity index (χ0v) is 12.6. The summed E-state index contributed by atoms with van der Waals surface area (Å²) >= 11 is 0. The van der Waals surface area contributed by atoms with Crippen molar-refractivity contribution < 1.29 is 4.74 Å². The third-order valence-corrected chi connectivity index (χ3v) is 5.68. The fourth-order valence-corrected chi connectivity index (χ4v) is 4.52. The smallest absolute Gasteiger partial charge is 0.0640 e. The SMILES string of the molecule is NNC(Cc1ccn(C2CCCC2)n1)C1CC2CCC1O2. The van der Waals surface area contributed by atoms with E-state index in [2.05, 4.69) is 22.4 Å². The first-order valence-electron chi connectivity index (χ1n) is 8.49. The Morgan fingerprint density at radius 1 is 1.33 bits per heavy atom. The molecule has 1 aliphatic carbocycles. The van der Waals surface area contributed by atoms with E-state index in [1.54, 1.807) is 0 Å². The molecule has 21 heavy (non-hydrogen) atoms. The highest BCUT2D eigenvalue weighted by Gasteiger charge is 2.44. The highest BCUT2D eigenvalue weighted by molar-refractivity contribution is 5.05. The minimum atomic E-state index is 0.284. The highest BCUT2D eigenvalue weighted by atomic mass is 16.5. The van der Waals surface area contributed by atoms with Gasteiger partial charge >= 0.3 is 0 Å². The molecule has 0 aromatic carbocycles. The number of nitrogens with one attached hydrogen (secondary N) is 1. The molecule has 4 rings (SSSR count). The van der Waals surface area contributed by atoms with E-state index in [1.807, 2.05) is 0 Å². The lowest BCUT2D eigenvalue weighted by molar-refractivity contribution is 0.0856. The molecule has 0 radical (unpaired) electrons. The predicted octanol–water partition coefficient (Wildman–Crippen LogP) is 1.94. The van der Waals surface area contributed by atoms with Gasteiger partial charge in [0.1, 0.15) is 0 Å². The lowest BCUT2D eigenvalue weighted by atomic mass is 9.82. The molecule has 3 N–H and O–H groups in total. The first-order valence-corrected chi connectivity index (χ1v) is 8.49. The van der Waals surface area contributed by atoms with Crippen LogP contribution in [0.2, 0.25) is 0 Å². The first kappa shape index (κ1) is 13.7. The summed E-state index contributed by atoms with van der Waals surface area (Å²) in [5, 5.41) is 4.79. The molecule has 3 fully saturated rings. The monoisotopic (exact) mass is 290 g/mol. The van der Waals surface area contributed by atoms with Gasteiger partial charge in [0.15, 0.2) is 0 Å². The van der Waals surface area contributed by atoms with E-state index in [-0.39, 0.29) is 6.04 Å². The molecule has 3 heterocycles. The number of aromatic nitrogens is 2. The average Bonchev–Trinajstić information content (AvgIpc) is 3.28. The molecular weight excluding hydrogens is 264 g/mol. The fraction of sp³-hybridized carbons (Fsp3) is 0.812. The first-order chi connectivity index (χ1) is 10.3. The third-order valence-electron chi connectivity index (χ3n) is 5.68. The molecule has 2 aliphatic heterocycles. The van der Waals surface area contributed by atoms with Gasteiger partial charge in [0.05, 0.1) is 23.9 Å². The number of ether oxygens (including phenoxy) is 1. The zero-order chi connectivity index (χ0) is 14.2. The van der Waals surface area contributed by atoms with E-state index in [4.69, 9.17) is 15.7 Å². The van der Waals surface area contributed by atoms with Crippen LogP contribution in [-0.4, -0.2) is 28.0 Å². The number of hydrazine groups is 1. The van der Waals surface area contributed by atoms with E-state index < -0.39 is 0 Å². The largest absolute Gasteiger partial charge is 0.375 e. The van der Waals surface area contributed by atoms with Crippen molar-refractivity contribution >= 4 is 0 Å². The van der Waals surface area contributed by atoms with Gasteiger partial charge in [-0.3, -0.25) is 16.0 Å². The number of hydrogen-bond acceptors (Lipinski definition) is 4. The molecule has 1 aromatic rings. The molecule has 4 atom stereocenters. The standard InChI is InChI=1S/C16H26N4O/c17-18-15(14-10-13-5-6-16(14)21-13)9-11-7-8-20(19-11)12-3-1-2-4-12/h7-8,12-16,18H,1-6,9-10,17H2. The molecule has 1 saturated carbocycles. The van der Waals surface area contributed by atoms with Gasteiger partial charge in [0, 0.05) is 24.6 Å². The Kier molecular flexibility index (Phi) is 3.73. The van der Waals surface area contributed by atoms with Crippen molar-refractivity contribution in [1.29, 1.82) is 0 Å². The third kappa shape index (κ3) is 2.62. The van der Waals surface area contributed by atoms with Crippen LogP contribution in [0.3, 0.4) is 0 Å². The van der Waals surface area contributed by atoms with Crippen LogP contribution in [0, 0.1) is 5.92 Å². The van der Waals surface area contributed by atoms with Crippen LogP contribution in [0.1, 0.15) is 56.7 Å². The van der Waals surface area contributed by atoms with Crippen molar-refractivity contribution in [2.75, 3.05) is 0 Å². The summed E-state index contributed by atoms with van der Waals surface area (Å²) in [6.07, 6.45) is 12.8. The van der Waals surface area contributed by atoms with Gasteiger partial charge in [-0.15, -0.1) is 0 Å². The number of hydrogen-bond donors (Lipinski definition) is 2. The normalized spacial score (nSPS) is 33.9. The zero-order valence-electron chi connectivity index (χ0n) is 12.6. The van der Waals surface area contributed by atoms with E-state index >= 15 is 0 Å².